The number of thioether (sulfide) groups is 1. The van der Waals surface area contributed by atoms with Crippen LogP contribution in [-0.4, -0.2) is 73.0 Å². The Bertz CT molecular complexity index is 1250. The van der Waals surface area contributed by atoms with Gasteiger partial charge in [0.15, 0.2) is 0 Å². The number of amides is 1. The molecule has 3 atom stereocenters. The van der Waals surface area contributed by atoms with Gasteiger partial charge in [0.25, 0.3) is 5.91 Å². The summed E-state index contributed by atoms with van der Waals surface area (Å²) >= 11 is 7.15. The van der Waals surface area contributed by atoms with Crippen LogP contribution in [0.4, 0.5) is 0 Å². The van der Waals surface area contributed by atoms with Crippen molar-refractivity contribution in [1.29, 1.82) is 0 Å². The van der Waals surface area contributed by atoms with Crippen LogP contribution in [-0.2, 0) is 11.2 Å². The molecule has 4 aliphatic rings. The van der Waals surface area contributed by atoms with E-state index < -0.39 is 0 Å². The molecule has 39 heavy (non-hydrogen) atoms. The van der Waals surface area contributed by atoms with Gasteiger partial charge >= 0.3 is 0 Å². The summed E-state index contributed by atoms with van der Waals surface area (Å²) in [6.07, 6.45) is 8.66. The Morgan fingerprint density at radius 3 is 2.54 bits per heavy atom. The first kappa shape index (κ1) is 26.9. The van der Waals surface area contributed by atoms with Gasteiger partial charge in [-0.25, -0.2) is 0 Å². The second kappa shape index (κ2) is 11.6. The van der Waals surface area contributed by atoms with E-state index in [0.29, 0.717) is 26.6 Å². The van der Waals surface area contributed by atoms with Crippen LogP contribution in [0, 0.1) is 11.8 Å². The second-order valence-electron chi connectivity index (χ2n) is 11.1. The molecule has 2 aliphatic carbocycles. The number of carbonyl (C=O) groups is 1. The van der Waals surface area contributed by atoms with Gasteiger partial charge in [0.1, 0.15) is 27.3 Å². The Morgan fingerprint density at radius 2 is 1.87 bits per heavy atom. The van der Waals surface area contributed by atoms with Crippen LogP contribution in [0.25, 0.3) is 17.4 Å². The smallest absolute Gasteiger partial charge is 0.266 e. The van der Waals surface area contributed by atoms with Gasteiger partial charge in [-0.05, 0) is 74.2 Å². The molecule has 3 heterocycles. The van der Waals surface area contributed by atoms with E-state index in [0.717, 1.165) is 80.6 Å². The van der Waals surface area contributed by atoms with Crippen molar-refractivity contribution in [3.63, 3.8) is 0 Å². The van der Waals surface area contributed by atoms with Gasteiger partial charge in [-0.3, -0.25) is 9.69 Å². The first-order chi connectivity index (χ1) is 19.0. The van der Waals surface area contributed by atoms with E-state index in [9.17, 15) is 4.79 Å². The minimum Gasteiger partial charge on any atom is -0.497 e. The van der Waals surface area contributed by atoms with Crippen LogP contribution in [0.5, 0.6) is 11.5 Å². The van der Waals surface area contributed by atoms with E-state index in [1.807, 2.05) is 29.2 Å². The van der Waals surface area contributed by atoms with Gasteiger partial charge < -0.3 is 24.1 Å². The summed E-state index contributed by atoms with van der Waals surface area (Å²) < 4.78 is 18.1. The van der Waals surface area contributed by atoms with E-state index in [-0.39, 0.29) is 11.9 Å². The number of hydrogen-bond donors (Lipinski definition) is 1. The first-order valence-electron chi connectivity index (χ1n) is 14.1. The molecule has 208 valence electrons. The normalized spacial score (nSPS) is 26.3. The summed E-state index contributed by atoms with van der Waals surface area (Å²) in [6.45, 7) is 5.30. The third-order valence-electron chi connectivity index (χ3n) is 8.73. The highest BCUT2D eigenvalue weighted by Crippen LogP contribution is 2.49. The molecule has 1 aromatic carbocycles. The molecule has 0 spiro atoms. The monoisotopic (exact) mass is 567 g/mol. The highest BCUT2D eigenvalue weighted by atomic mass is 32.2. The fraction of sp³-hybridized carbons (Fsp3) is 0.533. The lowest BCUT2D eigenvalue weighted by Gasteiger charge is -2.30. The summed E-state index contributed by atoms with van der Waals surface area (Å²) in [4.78, 5) is 18.7. The van der Waals surface area contributed by atoms with E-state index in [2.05, 4.69) is 16.3 Å². The van der Waals surface area contributed by atoms with Crippen molar-refractivity contribution in [3.8, 4) is 22.8 Å². The molecule has 1 amide bonds. The summed E-state index contributed by atoms with van der Waals surface area (Å²) in [5.74, 6) is 4.26. The third kappa shape index (κ3) is 5.64. The molecule has 2 saturated carbocycles. The average Bonchev–Trinajstić information content (AvgIpc) is 3.74. The van der Waals surface area contributed by atoms with Gasteiger partial charge in [-0.15, -0.1) is 0 Å². The molecule has 3 unspecified atom stereocenters. The number of hydrogen-bond acceptors (Lipinski definition) is 8. The molecule has 9 heteroatoms. The molecule has 4 fully saturated rings. The summed E-state index contributed by atoms with van der Waals surface area (Å²) in [6, 6.07) is 8.11. The van der Waals surface area contributed by atoms with Gasteiger partial charge in [-0.2, -0.15) is 0 Å². The van der Waals surface area contributed by atoms with Crippen molar-refractivity contribution in [2.75, 3.05) is 46.9 Å². The number of piperazine rings is 1. The zero-order chi connectivity index (χ0) is 26.9. The maximum Gasteiger partial charge on any atom is 0.266 e. The SMILES string of the molecule is COc1cc(OC)cc(-c2cc(CCCN3CCNCC3)c(C=C3SC(=S)N(C4CC5CCC4C5)C3=O)o2)c1. The number of benzene rings is 1. The van der Waals surface area contributed by atoms with E-state index in [4.69, 9.17) is 26.1 Å². The number of nitrogens with zero attached hydrogens (tertiary/aromatic N) is 2. The third-order valence-corrected chi connectivity index (χ3v) is 10.1. The van der Waals surface area contributed by atoms with Crippen LogP contribution >= 0.6 is 24.0 Å². The quantitative estimate of drug-likeness (QED) is 0.328. The molecule has 6 rings (SSSR count). The molecule has 2 saturated heterocycles. The van der Waals surface area contributed by atoms with E-state index in [1.165, 1.54) is 31.0 Å². The van der Waals surface area contributed by atoms with Crippen molar-refractivity contribution >= 4 is 40.3 Å². The predicted molar refractivity (Wildman–Crippen MR) is 159 cm³/mol. The highest BCUT2D eigenvalue weighted by molar-refractivity contribution is 8.26. The zero-order valence-corrected chi connectivity index (χ0v) is 24.4. The predicted octanol–water partition coefficient (Wildman–Crippen LogP) is 5.19. The maximum absolute atomic E-state index is 13.6. The molecular weight excluding hydrogens is 530 g/mol. The topological polar surface area (TPSA) is 67.2 Å². The number of fused-ring (bicyclic) bond motifs is 2. The first-order valence-corrected chi connectivity index (χ1v) is 15.3. The number of nitrogens with one attached hydrogen (secondary N) is 1. The second-order valence-corrected chi connectivity index (χ2v) is 12.8. The van der Waals surface area contributed by atoms with Crippen LogP contribution in [0.1, 0.15) is 43.4 Å². The Labute approximate surface area is 240 Å². The van der Waals surface area contributed by atoms with Crippen molar-refractivity contribution in [3.05, 3.63) is 40.5 Å². The number of furan rings is 1. The Hall–Kier alpha value is -2.33. The lowest BCUT2D eigenvalue weighted by atomic mass is 9.94. The van der Waals surface area contributed by atoms with Gasteiger partial charge in [0.05, 0.1) is 19.1 Å². The van der Waals surface area contributed by atoms with Crippen molar-refractivity contribution in [2.45, 2.75) is 44.6 Å². The Morgan fingerprint density at radius 1 is 1.10 bits per heavy atom. The molecule has 1 aromatic heterocycles. The van der Waals surface area contributed by atoms with Crippen molar-refractivity contribution in [2.24, 2.45) is 11.8 Å². The molecular formula is C30H37N3O4S2. The number of rotatable bonds is 9. The van der Waals surface area contributed by atoms with Crippen LogP contribution < -0.4 is 14.8 Å². The van der Waals surface area contributed by atoms with Gasteiger partial charge in [0.2, 0.25) is 0 Å². The number of aryl methyl sites for hydroxylation is 1. The average molecular weight is 568 g/mol. The van der Waals surface area contributed by atoms with Gasteiger partial charge in [0, 0.05) is 49.9 Å². The number of carbonyl (C=O) groups excluding carboxylic acids is 1. The zero-order valence-electron chi connectivity index (χ0n) is 22.7. The Balaban J connectivity index is 1.27. The van der Waals surface area contributed by atoms with E-state index in [1.54, 1.807) is 14.2 Å². The van der Waals surface area contributed by atoms with Crippen molar-refractivity contribution in [1.82, 2.24) is 15.1 Å². The number of thiocarbonyl (C=S) groups is 1. The van der Waals surface area contributed by atoms with Crippen LogP contribution in [0.15, 0.2) is 33.6 Å². The van der Waals surface area contributed by atoms with Gasteiger partial charge in [-0.1, -0.05) is 30.4 Å². The summed E-state index contributed by atoms with van der Waals surface area (Å²) in [7, 11) is 3.29. The lowest BCUT2D eigenvalue weighted by molar-refractivity contribution is -0.124. The van der Waals surface area contributed by atoms with E-state index >= 15 is 0 Å². The summed E-state index contributed by atoms with van der Waals surface area (Å²) in [5, 5.41) is 3.42. The molecule has 2 aromatic rings. The fourth-order valence-corrected chi connectivity index (χ4v) is 8.04. The molecule has 7 nitrogen and oxygen atoms in total. The summed E-state index contributed by atoms with van der Waals surface area (Å²) in [5.41, 5.74) is 1.98. The standard InChI is InChI=1S/C30H37N3O4S2/c1-35-23-14-22(15-24(17-23)36-2)26-16-21(4-3-9-32-10-7-31-8-11-32)27(37-26)18-28-29(34)33(30(38)39-28)25-13-19-5-6-20(25)12-19/h14-20,25,31H,3-13H2,1-2H3. The fourth-order valence-electron chi connectivity index (χ4n) is 6.69. The lowest BCUT2D eigenvalue weighted by Crippen LogP contribution is -2.43. The van der Waals surface area contributed by atoms with Crippen molar-refractivity contribution < 1.29 is 18.7 Å². The molecule has 0 radical (unpaired) electrons. The number of ether oxygens (including phenoxy) is 2. The largest absolute Gasteiger partial charge is 0.497 e. The maximum atomic E-state index is 13.6. The van der Waals surface area contributed by atoms with Crippen LogP contribution in [0.3, 0.4) is 0 Å². The number of methoxy groups -OCH3 is 2. The minimum absolute atomic E-state index is 0.0373. The highest BCUT2D eigenvalue weighted by Gasteiger charge is 2.48. The van der Waals surface area contributed by atoms with Crippen LogP contribution in [0.2, 0.25) is 0 Å². The molecule has 2 aliphatic heterocycles. The Kier molecular flexibility index (Phi) is 8.03. The minimum atomic E-state index is 0.0373. The molecule has 2 bridgehead atoms. The molecule has 1 N–H and O–H groups in total.